The van der Waals surface area contributed by atoms with Crippen LogP contribution in [0, 0.1) is 0 Å². The van der Waals surface area contributed by atoms with Crippen molar-refractivity contribution in [3.8, 4) is 17.2 Å². The molecule has 2 heterocycles. The van der Waals surface area contributed by atoms with Gasteiger partial charge >= 0.3 is 5.97 Å². The Morgan fingerprint density at radius 2 is 1.18 bits per heavy atom. The summed E-state index contributed by atoms with van der Waals surface area (Å²) in [6.45, 7) is 3.59. The van der Waals surface area contributed by atoms with Crippen molar-refractivity contribution in [1.29, 1.82) is 0 Å². The normalized spacial score (nSPS) is 12.3. The van der Waals surface area contributed by atoms with Gasteiger partial charge in [-0.1, -0.05) is 30.3 Å². The molecule has 1 amide bonds. The van der Waals surface area contributed by atoms with Gasteiger partial charge in [-0.25, -0.2) is 24.7 Å². The van der Waals surface area contributed by atoms with Crippen LogP contribution in [0.1, 0.15) is 27.6 Å². The number of nitrogens with one attached hydrogen (secondary N) is 1. The second-order valence-corrected chi connectivity index (χ2v) is 15.0. The summed E-state index contributed by atoms with van der Waals surface area (Å²) in [6, 6.07) is 27.1. The number of fused-ring (bicyclic) bond motifs is 8. The maximum Gasteiger partial charge on any atom is 0.337 e. The molecule has 8 aromatic rings. The first-order valence-corrected chi connectivity index (χ1v) is 19.5. The maximum atomic E-state index is 12.8. The number of aromatic hydroxyl groups is 1. The molecular weight excluding hydrogens is 777 g/mol. The molecule has 0 bridgehead atoms. The lowest BCUT2D eigenvalue weighted by Gasteiger charge is -2.18. The maximum absolute atomic E-state index is 12.8. The number of hydrogen-bond acceptors (Lipinski definition) is 13. The van der Waals surface area contributed by atoms with Gasteiger partial charge in [0.25, 0.3) is 5.91 Å². The molecule has 0 saturated heterocycles. The van der Waals surface area contributed by atoms with Crippen LogP contribution in [0.5, 0.6) is 17.2 Å². The number of nitrogens with two attached hydrogens (primary N) is 1. The number of phenolic OH excluding ortho intramolecular Hbond substituents is 1. The number of aromatic nitrogens is 4. The Hall–Kier alpha value is -6.78. The van der Waals surface area contributed by atoms with Crippen LogP contribution in [-0.4, -0.2) is 131 Å². The molecule has 0 spiro atoms. The van der Waals surface area contributed by atoms with Crippen LogP contribution in [0.3, 0.4) is 0 Å². The van der Waals surface area contributed by atoms with E-state index in [1.807, 2.05) is 98.7 Å². The SMILES string of the molecule is CC(O)C(N)CN(C)C.COc1cccc2c1ccc1nc3ccc(O)c(C(=O)NCCN(C)C)c3nc12.COc1cccc2c1ccc1nc3cccc(C(=O)O)c3nc12. The van der Waals surface area contributed by atoms with Gasteiger partial charge in [0.05, 0.1) is 59.0 Å². The molecule has 2 atom stereocenters. The molecule has 6 aromatic carbocycles. The van der Waals surface area contributed by atoms with Gasteiger partial charge in [0.1, 0.15) is 33.8 Å². The molecule has 0 aliphatic rings. The van der Waals surface area contributed by atoms with Gasteiger partial charge in [-0.05, 0) is 95.8 Å². The number of amides is 1. The van der Waals surface area contributed by atoms with Crippen molar-refractivity contribution >= 4 is 77.6 Å². The number of hydrogen-bond donors (Lipinski definition) is 5. The minimum absolute atomic E-state index is 0.119. The van der Waals surface area contributed by atoms with E-state index in [1.165, 1.54) is 12.1 Å². The second kappa shape index (κ2) is 19.1. The van der Waals surface area contributed by atoms with Crippen molar-refractivity contribution in [2.75, 3.05) is 62.0 Å². The molecule has 2 unspecified atom stereocenters. The third-order valence-corrected chi connectivity index (χ3v) is 9.96. The zero-order valence-electron chi connectivity index (χ0n) is 35.2. The summed E-state index contributed by atoms with van der Waals surface area (Å²) >= 11 is 0. The molecule has 15 nitrogen and oxygen atoms in total. The van der Waals surface area contributed by atoms with Crippen molar-refractivity contribution < 1.29 is 34.4 Å². The van der Waals surface area contributed by atoms with Crippen LogP contribution < -0.4 is 20.5 Å². The highest BCUT2D eigenvalue weighted by molar-refractivity contribution is 6.13. The molecule has 0 radical (unpaired) electrons. The number of aliphatic hydroxyl groups excluding tert-OH is 1. The predicted molar refractivity (Wildman–Crippen MR) is 240 cm³/mol. The van der Waals surface area contributed by atoms with E-state index < -0.39 is 12.1 Å². The highest BCUT2D eigenvalue weighted by Gasteiger charge is 2.19. The summed E-state index contributed by atoms with van der Waals surface area (Å²) < 4.78 is 10.8. The van der Waals surface area contributed by atoms with E-state index in [4.69, 9.17) is 25.3 Å². The number of aromatic carboxylic acids is 1. The smallest absolute Gasteiger partial charge is 0.337 e. The average molecular weight is 827 g/mol. The zero-order chi connectivity index (χ0) is 44.0. The standard InChI is InChI=1S/C22H22N4O3.C18H12N2O3.C6H16N2O/c1-26(2)12-11-23-22(28)19-17(27)10-9-16-21(19)25-20-14-5-4-6-18(29-3)13(14)7-8-15(20)24-16;1-23-15-7-3-4-11-10(15)8-9-14-16(11)20-17-12(18(21)22)5-2-6-13(17)19-14;1-5(9)6(7)4-8(2)3/h4-10,27H,11-12H2,1-3H3,(H,23,28);2-9H,1H3,(H,21,22);5-6,9H,4,7H2,1-3H3. The fourth-order valence-electron chi connectivity index (χ4n) is 6.82. The number of rotatable bonds is 10. The Morgan fingerprint density at radius 1 is 0.672 bits per heavy atom. The third-order valence-electron chi connectivity index (χ3n) is 9.96. The van der Waals surface area contributed by atoms with E-state index in [-0.39, 0.29) is 28.8 Å². The molecule has 2 aromatic heterocycles. The lowest BCUT2D eigenvalue weighted by atomic mass is 10.1. The number of carboxylic acid groups (broad SMARTS) is 1. The number of aliphatic hydroxyl groups is 1. The lowest BCUT2D eigenvalue weighted by Crippen LogP contribution is -2.41. The molecule has 61 heavy (non-hydrogen) atoms. The van der Waals surface area contributed by atoms with E-state index >= 15 is 0 Å². The van der Waals surface area contributed by atoms with E-state index in [2.05, 4.69) is 20.3 Å². The van der Waals surface area contributed by atoms with E-state index in [9.17, 15) is 19.8 Å². The molecule has 316 valence electrons. The Morgan fingerprint density at radius 3 is 1.67 bits per heavy atom. The van der Waals surface area contributed by atoms with Crippen LogP contribution in [0.15, 0.2) is 91.0 Å². The lowest BCUT2D eigenvalue weighted by molar-refractivity contribution is 0.0698. The first-order chi connectivity index (χ1) is 29.2. The van der Waals surface area contributed by atoms with Gasteiger partial charge in [0, 0.05) is 47.2 Å². The number of likely N-dealkylation sites (N-methyl/N-ethyl adjacent to an activating group) is 2. The summed E-state index contributed by atoms with van der Waals surface area (Å²) in [5.74, 6) is -0.0171. The quantitative estimate of drug-likeness (QED) is 0.0811. The molecule has 0 fully saturated rings. The number of carbonyl (C=O) groups is 2. The number of para-hydroxylation sites is 1. The van der Waals surface area contributed by atoms with Crippen LogP contribution >= 0.6 is 0 Å². The molecule has 15 heteroatoms. The van der Waals surface area contributed by atoms with Crippen molar-refractivity contribution in [3.63, 3.8) is 0 Å². The van der Waals surface area contributed by atoms with Crippen molar-refractivity contribution in [3.05, 3.63) is 102 Å². The zero-order valence-corrected chi connectivity index (χ0v) is 35.2. The first kappa shape index (κ1) is 43.8. The molecule has 0 aliphatic heterocycles. The average Bonchev–Trinajstić information content (AvgIpc) is 3.24. The summed E-state index contributed by atoms with van der Waals surface area (Å²) in [7, 11) is 11.0. The number of methoxy groups -OCH3 is 2. The van der Waals surface area contributed by atoms with Gasteiger partial charge < -0.3 is 45.6 Å². The number of benzene rings is 6. The van der Waals surface area contributed by atoms with Crippen molar-refractivity contribution in [1.82, 2.24) is 35.1 Å². The topological polar surface area (TPSA) is 209 Å². The van der Waals surface area contributed by atoms with Gasteiger partial charge in [0.15, 0.2) is 0 Å². The van der Waals surface area contributed by atoms with Crippen molar-refractivity contribution in [2.24, 2.45) is 5.73 Å². The number of phenols is 1. The Labute approximate surface area is 352 Å². The second-order valence-electron chi connectivity index (χ2n) is 15.0. The van der Waals surface area contributed by atoms with Gasteiger partial charge in [0.2, 0.25) is 0 Å². The Balaban J connectivity index is 0.000000173. The summed E-state index contributed by atoms with van der Waals surface area (Å²) in [6.07, 6.45) is -0.410. The fraction of sp³-hybridized carbons (Fsp3) is 0.261. The summed E-state index contributed by atoms with van der Waals surface area (Å²) in [5.41, 5.74) is 10.5. The number of carboxylic acids is 1. The minimum atomic E-state index is -1.01. The molecule has 0 saturated carbocycles. The largest absolute Gasteiger partial charge is 0.507 e. The molecule has 6 N–H and O–H groups in total. The van der Waals surface area contributed by atoms with E-state index in [1.54, 1.807) is 39.3 Å². The number of ether oxygens (including phenoxy) is 2. The summed E-state index contributed by atoms with van der Waals surface area (Å²) in [4.78, 5) is 46.7. The number of nitrogens with zero attached hydrogens (tertiary/aromatic N) is 6. The Kier molecular flexibility index (Phi) is 13.7. The third kappa shape index (κ3) is 9.66. The van der Waals surface area contributed by atoms with Gasteiger partial charge in [-0.15, -0.1) is 0 Å². The summed E-state index contributed by atoms with van der Waals surface area (Å²) in [5, 5.41) is 35.1. The highest BCUT2D eigenvalue weighted by atomic mass is 16.5. The fourth-order valence-corrected chi connectivity index (χ4v) is 6.82. The van der Waals surface area contributed by atoms with E-state index in [0.717, 1.165) is 45.1 Å². The van der Waals surface area contributed by atoms with Crippen LogP contribution in [-0.2, 0) is 0 Å². The van der Waals surface area contributed by atoms with Crippen molar-refractivity contribution in [2.45, 2.75) is 19.1 Å². The highest BCUT2D eigenvalue weighted by Crippen LogP contribution is 2.34. The number of carbonyl (C=O) groups excluding carboxylic acids is 1. The predicted octanol–water partition coefficient (Wildman–Crippen LogP) is 5.84. The van der Waals surface area contributed by atoms with Gasteiger partial charge in [-0.3, -0.25) is 4.79 Å². The Bertz CT molecular complexity index is 2890. The van der Waals surface area contributed by atoms with Crippen LogP contribution in [0.25, 0.3) is 65.7 Å². The first-order valence-electron chi connectivity index (χ1n) is 19.5. The molecule has 0 aliphatic carbocycles. The van der Waals surface area contributed by atoms with E-state index in [0.29, 0.717) is 51.7 Å². The molecule has 8 rings (SSSR count). The van der Waals surface area contributed by atoms with Gasteiger partial charge in [-0.2, -0.15) is 0 Å². The monoisotopic (exact) mass is 826 g/mol. The van der Waals surface area contributed by atoms with Crippen LogP contribution in [0.2, 0.25) is 0 Å². The minimum Gasteiger partial charge on any atom is -0.507 e. The molecular formula is C46H50N8O7. The van der Waals surface area contributed by atoms with Crippen LogP contribution in [0.4, 0.5) is 0 Å².